The summed E-state index contributed by atoms with van der Waals surface area (Å²) >= 11 is 0. The zero-order valence-corrected chi connectivity index (χ0v) is 7.02. The molecule has 1 unspecified atom stereocenters. The Bertz CT molecular complexity index is 410. The predicted molar refractivity (Wildman–Crippen MR) is 48.1 cm³/mol. The molecule has 0 radical (unpaired) electrons. The molecule has 2 aromatic heterocycles. The topological polar surface area (TPSA) is 43.3 Å². The van der Waals surface area contributed by atoms with Gasteiger partial charge in [0, 0.05) is 12.7 Å². The third kappa shape index (κ3) is 1.29. The Kier molecular flexibility index (Phi) is 1.98. The minimum Gasteiger partial charge on any atom is -0.327 e. The first-order chi connectivity index (χ1) is 6.33. The highest BCUT2D eigenvalue weighted by atomic mass is 19.1. The Labute approximate surface area is 75.0 Å². The van der Waals surface area contributed by atoms with Crippen molar-refractivity contribution in [3.05, 3.63) is 36.3 Å². The first-order valence-electron chi connectivity index (χ1n) is 4.09. The van der Waals surface area contributed by atoms with Crippen LogP contribution in [-0.2, 0) is 0 Å². The summed E-state index contributed by atoms with van der Waals surface area (Å²) < 4.78 is 14.9. The summed E-state index contributed by atoms with van der Waals surface area (Å²) in [7, 11) is 0. The molecule has 0 spiro atoms. The first-order valence-corrected chi connectivity index (χ1v) is 4.09. The molecule has 0 aromatic carbocycles. The van der Waals surface area contributed by atoms with E-state index in [9.17, 15) is 4.39 Å². The third-order valence-corrected chi connectivity index (χ3v) is 1.97. The van der Waals surface area contributed by atoms with Gasteiger partial charge in [0.1, 0.15) is 5.65 Å². The second-order valence-corrected chi connectivity index (χ2v) is 2.82. The van der Waals surface area contributed by atoms with Crippen molar-refractivity contribution in [1.82, 2.24) is 9.38 Å². The van der Waals surface area contributed by atoms with Crippen LogP contribution in [0.1, 0.15) is 11.9 Å². The average molecular weight is 179 g/mol. The van der Waals surface area contributed by atoms with Gasteiger partial charge in [-0.25, -0.2) is 9.37 Å². The van der Waals surface area contributed by atoms with Crippen molar-refractivity contribution < 1.29 is 4.39 Å². The van der Waals surface area contributed by atoms with E-state index in [0.29, 0.717) is 5.69 Å². The van der Waals surface area contributed by atoms with Gasteiger partial charge >= 0.3 is 0 Å². The molecule has 13 heavy (non-hydrogen) atoms. The van der Waals surface area contributed by atoms with E-state index in [-0.39, 0.29) is 6.54 Å². The highest BCUT2D eigenvalue weighted by Gasteiger charge is 2.11. The number of halogens is 1. The zero-order valence-electron chi connectivity index (χ0n) is 7.02. The lowest BCUT2D eigenvalue weighted by molar-refractivity contribution is 0.343. The molecular formula is C9H10FN3. The highest BCUT2D eigenvalue weighted by Crippen LogP contribution is 2.16. The molecule has 0 saturated carbocycles. The molecule has 3 nitrogen and oxygen atoms in total. The smallest absolute Gasteiger partial charge is 0.154 e. The van der Waals surface area contributed by atoms with Gasteiger partial charge < -0.3 is 10.1 Å². The van der Waals surface area contributed by atoms with E-state index in [4.69, 9.17) is 5.73 Å². The molecular weight excluding hydrogens is 169 g/mol. The summed E-state index contributed by atoms with van der Waals surface area (Å²) in [6.45, 7) is -0.0112. The number of imidazole rings is 1. The quantitative estimate of drug-likeness (QED) is 0.755. The van der Waals surface area contributed by atoms with Crippen LogP contribution in [0.15, 0.2) is 30.6 Å². The number of hydrogen-bond donors (Lipinski definition) is 1. The largest absolute Gasteiger partial charge is 0.327 e. The summed E-state index contributed by atoms with van der Waals surface area (Å²) in [4.78, 5) is 4.06. The minimum absolute atomic E-state index is 0.0112. The number of alkyl halides is 1. The zero-order chi connectivity index (χ0) is 9.26. The monoisotopic (exact) mass is 179 g/mol. The number of nitrogens with zero attached hydrogens (tertiary/aromatic N) is 2. The second kappa shape index (κ2) is 3.14. The van der Waals surface area contributed by atoms with Gasteiger partial charge in [0.05, 0.1) is 11.9 Å². The molecule has 0 saturated heterocycles. The van der Waals surface area contributed by atoms with Crippen molar-refractivity contribution in [3.63, 3.8) is 0 Å². The SMILES string of the molecule is NCC(F)c1cnc2ccccn12. The Morgan fingerprint density at radius 3 is 3.15 bits per heavy atom. The van der Waals surface area contributed by atoms with Gasteiger partial charge in [-0.1, -0.05) is 6.07 Å². The fourth-order valence-corrected chi connectivity index (χ4v) is 1.30. The average Bonchev–Trinajstić information content (AvgIpc) is 2.60. The summed E-state index contributed by atoms with van der Waals surface area (Å²) in [6.07, 6.45) is 2.16. The number of hydrogen-bond acceptors (Lipinski definition) is 2. The molecule has 0 aliphatic heterocycles. The summed E-state index contributed by atoms with van der Waals surface area (Å²) in [5.41, 5.74) is 6.49. The predicted octanol–water partition coefficient (Wildman–Crippen LogP) is 1.30. The van der Waals surface area contributed by atoms with Gasteiger partial charge in [-0.3, -0.25) is 0 Å². The lowest BCUT2D eigenvalue weighted by Crippen LogP contribution is -2.09. The van der Waals surface area contributed by atoms with Crippen LogP contribution in [0.4, 0.5) is 4.39 Å². The molecule has 1 atom stereocenters. The van der Waals surface area contributed by atoms with Crippen LogP contribution in [0.25, 0.3) is 5.65 Å². The van der Waals surface area contributed by atoms with Crippen LogP contribution in [-0.4, -0.2) is 15.9 Å². The van der Waals surface area contributed by atoms with Crippen LogP contribution in [0, 0.1) is 0 Å². The Morgan fingerprint density at radius 1 is 1.54 bits per heavy atom. The van der Waals surface area contributed by atoms with Gasteiger partial charge in [-0.2, -0.15) is 0 Å². The van der Waals surface area contributed by atoms with Crippen molar-refractivity contribution in [2.45, 2.75) is 6.17 Å². The van der Waals surface area contributed by atoms with Gasteiger partial charge in [-0.15, -0.1) is 0 Å². The lowest BCUT2D eigenvalue weighted by atomic mass is 10.3. The molecule has 0 aliphatic carbocycles. The van der Waals surface area contributed by atoms with Crippen molar-refractivity contribution in [2.24, 2.45) is 5.73 Å². The van der Waals surface area contributed by atoms with Crippen molar-refractivity contribution >= 4 is 5.65 Å². The standard InChI is InChI=1S/C9H10FN3/c10-7(5-11)8-6-12-9-3-1-2-4-13(8)9/h1-4,6-7H,5,11H2. The molecule has 68 valence electrons. The van der Waals surface area contributed by atoms with E-state index in [1.165, 1.54) is 6.20 Å². The first kappa shape index (κ1) is 8.19. The molecule has 0 aliphatic rings. The van der Waals surface area contributed by atoms with E-state index in [1.54, 1.807) is 10.6 Å². The van der Waals surface area contributed by atoms with Crippen molar-refractivity contribution in [3.8, 4) is 0 Å². The van der Waals surface area contributed by atoms with Gasteiger partial charge in [0.2, 0.25) is 0 Å². The maximum absolute atomic E-state index is 13.2. The molecule has 0 fully saturated rings. The number of pyridine rings is 1. The molecule has 0 bridgehead atoms. The van der Waals surface area contributed by atoms with Crippen LogP contribution >= 0.6 is 0 Å². The Balaban J connectivity index is 2.57. The third-order valence-electron chi connectivity index (χ3n) is 1.97. The van der Waals surface area contributed by atoms with E-state index in [0.717, 1.165) is 5.65 Å². The molecule has 4 heteroatoms. The van der Waals surface area contributed by atoms with Crippen LogP contribution in [0.5, 0.6) is 0 Å². The van der Waals surface area contributed by atoms with E-state index < -0.39 is 6.17 Å². The van der Waals surface area contributed by atoms with E-state index >= 15 is 0 Å². The lowest BCUT2D eigenvalue weighted by Gasteiger charge is -2.03. The van der Waals surface area contributed by atoms with Gasteiger partial charge in [0.25, 0.3) is 0 Å². The fraction of sp³-hybridized carbons (Fsp3) is 0.222. The summed E-state index contributed by atoms with van der Waals surface area (Å²) in [5, 5.41) is 0. The van der Waals surface area contributed by atoms with Crippen LogP contribution in [0.2, 0.25) is 0 Å². The Morgan fingerprint density at radius 2 is 2.38 bits per heavy atom. The van der Waals surface area contributed by atoms with Crippen LogP contribution in [0.3, 0.4) is 0 Å². The molecule has 2 aromatic rings. The van der Waals surface area contributed by atoms with Gasteiger partial charge in [-0.05, 0) is 12.1 Å². The van der Waals surface area contributed by atoms with Crippen LogP contribution < -0.4 is 5.73 Å². The molecule has 2 rings (SSSR count). The number of fused-ring (bicyclic) bond motifs is 1. The minimum atomic E-state index is -1.14. The fourth-order valence-electron chi connectivity index (χ4n) is 1.30. The highest BCUT2D eigenvalue weighted by molar-refractivity contribution is 5.40. The molecule has 2 N–H and O–H groups in total. The summed E-state index contributed by atoms with van der Waals surface area (Å²) in [5.74, 6) is 0. The number of rotatable bonds is 2. The second-order valence-electron chi connectivity index (χ2n) is 2.82. The van der Waals surface area contributed by atoms with E-state index in [1.807, 2.05) is 18.2 Å². The summed E-state index contributed by atoms with van der Waals surface area (Å²) in [6, 6.07) is 5.52. The Hall–Kier alpha value is -1.42. The number of nitrogens with two attached hydrogens (primary N) is 1. The molecule has 0 amide bonds. The maximum atomic E-state index is 13.2. The number of aromatic nitrogens is 2. The van der Waals surface area contributed by atoms with Crippen molar-refractivity contribution in [2.75, 3.05) is 6.54 Å². The maximum Gasteiger partial charge on any atom is 0.154 e. The normalized spacial score (nSPS) is 13.4. The molecule has 2 heterocycles. The van der Waals surface area contributed by atoms with Gasteiger partial charge in [0.15, 0.2) is 6.17 Å². The van der Waals surface area contributed by atoms with Crippen molar-refractivity contribution in [1.29, 1.82) is 0 Å². The van der Waals surface area contributed by atoms with E-state index in [2.05, 4.69) is 4.98 Å².